The van der Waals surface area contributed by atoms with Crippen molar-refractivity contribution in [2.45, 2.75) is 9.92 Å². The number of nitrogens with zero attached hydrogens (tertiary/aromatic N) is 1. The van der Waals surface area contributed by atoms with E-state index in [4.69, 9.17) is 9.84 Å². The van der Waals surface area contributed by atoms with Gasteiger partial charge in [0.25, 0.3) is 0 Å². The second-order valence-electron chi connectivity index (χ2n) is 3.57. The number of aromatic carboxylic acids is 1. The first-order valence-electron chi connectivity index (χ1n) is 5.32. The Bertz CT molecular complexity index is 619. The van der Waals surface area contributed by atoms with E-state index in [1.807, 2.05) is 18.2 Å². The molecule has 0 atom stereocenters. The van der Waals surface area contributed by atoms with Crippen LogP contribution < -0.4 is 4.74 Å². The van der Waals surface area contributed by atoms with Gasteiger partial charge >= 0.3 is 5.97 Å². The van der Waals surface area contributed by atoms with Crippen LogP contribution in [0, 0.1) is 0 Å². The Kier molecular flexibility index (Phi) is 4.44. The maximum absolute atomic E-state index is 11.1. The van der Waals surface area contributed by atoms with Crippen molar-refractivity contribution in [3.05, 3.63) is 46.4 Å². The van der Waals surface area contributed by atoms with Crippen molar-refractivity contribution in [1.82, 2.24) is 4.98 Å². The average Bonchev–Trinajstić information content (AvgIpc) is 2.41. The number of halogens is 1. The van der Waals surface area contributed by atoms with Crippen LogP contribution in [0.1, 0.15) is 10.4 Å². The van der Waals surface area contributed by atoms with Gasteiger partial charge in [0, 0.05) is 15.4 Å². The van der Waals surface area contributed by atoms with Gasteiger partial charge in [0.05, 0.1) is 12.7 Å². The number of carbonyl (C=O) groups is 1. The first-order chi connectivity index (χ1) is 9.10. The van der Waals surface area contributed by atoms with Crippen molar-refractivity contribution in [3.8, 4) is 5.88 Å². The lowest BCUT2D eigenvalue weighted by atomic mass is 10.2. The van der Waals surface area contributed by atoms with Gasteiger partial charge in [-0.15, -0.1) is 0 Å². The molecule has 6 heteroatoms. The Morgan fingerprint density at radius 1 is 1.37 bits per heavy atom. The first-order valence-corrected chi connectivity index (χ1v) is 6.93. The number of carboxylic acids is 1. The number of pyridine rings is 1. The third kappa shape index (κ3) is 3.48. The van der Waals surface area contributed by atoms with Crippen molar-refractivity contribution in [2.75, 3.05) is 7.11 Å². The van der Waals surface area contributed by atoms with Gasteiger partial charge < -0.3 is 9.84 Å². The van der Waals surface area contributed by atoms with Crippen LogP contribution in [0.15, 0.2) is 50.8 Å². The van der Waals surface area contributed by atoms with Crippen molar-refractivity contribution in [3.63, 3.8) is 0 Å². The Hall–Kier alpha value is -1.53. The van der Waals surface area contributed by atoms with Crippen molar-refractivity contribution in [1.29, 1.82) is 0 Å². The van der Waals surface area contributed by atoms with E-state index in [1.54, 1.807) is 25.3 Å². The minimum atomic E-state index is -0.965. The molecule has 1 aromatic heterocycles. The second-order valence-corrected chi connectivity index (χ2v) is 5.52. The van der Waals surface area contributed by atoms with Crippen LogP contribution >= 0.6 is 27.7 Å². The largest absolute Gasteiger partial charge is 0.481 e. The van der Waals surface area contributed by atoms with Crippen molar-refractivity contribution < 1.29 is 14.6 Å². The highest BCUT2D eigenvalue weighted by Gasteiger charge is 2.10. The molecule has 0 fully saturated rings. The van der Waals surface area contributed by atoms with Crippen LogP contribution in [0.25, 0.3) is 0 Å². The molecule has 98 valence electrons. The summed E-state index contributed by atoms with van der Waals surface area (Å²) in [7, 11) is 1.55. The molecule has 19 heavy (non-hydrogen) atoms. The van der Waals surface area contributed by atoms with Gasteiger partial charge in [-0.1, -0.05) is 17.8 Å². The normalized spacial score (nSPS) is 10.2. The minimum absolute atomic E-state index is 0.230. The Balaban J connectivity index is 2.28. The Labute approximate surface area is 122 Å². The second kappa shape index (κ2) is 6.08. The topological polar surface area (TPSA) is 59.4 Å². The molecule has 1 heterocycles. The fourth-order valence-electron chi connectivity index (χ4n) is 1.42. The first kappa shape index (κ1) is 13.9. The van der Waals surface area contributed by atoms with Crippen LogP contribution in [0.5, 0.6) is 5.88 Å². The summed E-state index contributed by atoms with van der Waals surface area (Å²) < 4.78 is 5.61. The van der Waals surface area contributed by atoms with Crippen LogP contribution in [0.4, 0.5) is 0 Å². The molecular weight excluding hydrogens is 330 g/mol. The number of ether oxygens (including phenoxy) is 1. The molecule has 0 aliphatic carbocycles. The van der Waals surface area contributed by atoms with E-state index in [2.05, 4.69) is 20.9 Å². The SMILES string of the molecule is COc1cccc(Sc2ccc(Br)c(C(=O)O)c2)n1. The molecule has 0 saturated heterocycles. The molecule has 0 radical (unpaired) electrons. The van der Waals surface area contributed by atoms with Crippen LogP contribution in [-0.2, 0) is 0 Å². The predicted molar refractivity (Wildman–Crippen MR) is 76.0 cm³/mol. The fourth-order valence-corrected chi connectivity index (χ4v) is 2.67. The van der Waals surface area contributed by atoms with Gasteiger partial charge in [-0.05, 0) is 40.2 Å². The third-order valence-electron chi connectivity index (χ3n) is 2.30. The van der Waals surface area contributed by atoms with Gasteiger partial charge in [0.1, 0.15) is 5.03 Å². The lowest BCUT2D eigenvalue weighted by Gasteiger charge is -2.05. The summed E-state index contributed by atoms with van der Waals surface area (Å²) in [4.78, 5) is 16.1. The summed E-state index contributed by atoms with van der Waals surface area (Å²) in [6.45, 7) is 0. The minimum Gasteiger partial charge on any atom is -0.481 e. The zero-order valence-electron chi connectivity index (χ0n) is 9.96. The highest BCUT2D eigenvalue weighted by molar-refractivity contribution is 9.10. The van der Waals surface area contributed by atoms with Crippen LogP contribution in [0.2, 0.25) is 0 Å². The zero-order valence-corrected chi connectivity index (χ0v) is 12.4. The molecule has 0 bridgehead atoms. The zero-order chi connectivity index (χ0) is 13.8. The van der Waals surface area contributed by atoms with Gasteiger partial charge in [-0.2, -0.15) is 0 Å². The maximum Gasteiger partial charge on any atom is 0.336 e. The summed E-state index contributed by atoms with van der Waals surface area (Å²) in [5.74, 6) is -0.437. The smallest absolute Gasteiger partial charge is 0.336 e. The summed E-state index contributed by atoms with van der Waals surface area (Å²) in [6, 6.07) is 10.6. The number of hydrogen-bond donors (Lipinski definition) is 1. The van der Waals surface area contributed by atoms with E-state index < -0.39 is 5.97 Å². The quantitative estimate of drug-likeness (QED) is 0.920. The lowest BCUT2D eigenvalue weighted by Crippen LogP contribution is -1.97. The molecule has 1 aromatic carbocycles. The molecule has 0 saturated carbocycles. The lowest BCUT2D eigenvalue weighted by molar-refractivity contribution is 0.0695. The summed E-state index contributed by atoms with van der Waals surface area (Å²) in [5, 5.41) is 9.81. The summed E-state index contributed by atoms with van der Waals surface area (Å²) >= 11 is 4.60. The average molecular weight is 340 g/mol. The number of rotatable bonds is 4. The number of benzene rings is 1. The fraction of sp³-hybridized carbons (Fsp3) is 0.0769. The molecular formula is C13H10BrNO3S. The number of hydrogen-bond acceptors (Lipinski definition) is 4. The molecule has 2 rings (SSSR count). The molecule has 0 unspecified atom stereocenters. The summed E-state index contributed by atoms with van der Waals surface area (Å²) in [6.07, 6.45) is 0. The van der Waals surface area contributed by atoms with Crippen molar-refractivity contribution in [2.24, 2.45) is 0 Å². The molecule has 1 N–H and O–H groups in total. The molecule has 0 amide bonds. The van der Waals surface area contributed by atoms with E-state index in [9.17, 15) is 4.79 Å². The van der Waals surface area contributed by atoms with E-state index in [0.29, 0.717) is 10.4 Å². The highest BCUT2D eigenvalue weighted by atomic mass is 79.9. The van der Waals surface area contributed by atoms with E-state index >= 15 is 0 Å². The molecule has 0 aliphatic rings. The summed E-state index contributed by atoms with van der Waals surface area (Å²) in [5.41, 5.74) is 0.230. The maximum atomic E-state index is 11.1. The van der Waals surface area contributed by atoms with Gasteiger partial charge in [-0.3, -0.25) is 0 Å². The van der Waals surface area contributed by atoms with Crippen LogP contribution in [-0.4, -0.2) is 23.2 Å². The Morgan fingerprint density at radius 2 is 2.16 bits per heavy atom. The molecule has 2 aromatic rings. The van der Waals surface area contributed by atoms with E-state index in [1.165, 1.54) is 11.8 Å². The van der Waals surface area contributed by atoms with Gasteiger partial charge in [0.2, 0.25) is 5.88 Å². The van der Waals surface area contributed by atoms with Crippen LogP contribution in [0.3, 0.4) is 0 Å². The molecule has 0 aliphatic heterocycles. The highest BCUT2D eigenvalue weighted by Crippen LogP contribution is 2.30. The number of aromatic nitrogens is 1. The Morgan fingerprint density at radius 3 is 2.84 bits per heavy atom. The number of methoxy groups -OCH3 is 1. The van der Waals surface area contributed by atoms with E-state index in [-0.39, 0.29) is 5.56 Å². The molecule has 0 spiro atoms. The van der Waals surface area contributed by atoms with Crippen molar-refractivity contribution >= 4 is 33.7 Å². The monoisotopic (exact) mass is 339 g/mol. The third-order valence-corrected chi connectivity index (χ3v) is 3.92. The predicted octanol–water partition coefficient (Wildman–Crippen LogP) is 3.70. The van der Waals surface area contributed by atoms with Gasteiger partial charge in [0.15, 0.2) is 0 Å². The number of carboxylic acid groups (broad SMARTS) is 1. The standard InChI is InChI=1S/C13H10BrNO3S/c1-18-11-3-2-4-12(15-11)19-8-5-6-10(14)9(7-8)13(16)17/h2-7H,1H3,(H,16,17). The van der Waals surface area contributed by atoms with Gasteiger partial charge in [-0.25, -0.2) is 9.78 Å². The van der Waals surface area contributed by atoms with E-state index in [0.717, 1.165) is 9.92 Å². The molecule has 4 nitrogen and oxygen atoms in total.